The molecule has 0 radical (unpaired) electrons. The molecule has 0 saturated carbocycles. The van der Waals surface area contributed by atoms with Crippen LogP contribution < -0.4 is 0 Å². The number of carbonyl (C=O) groups is 1. The number of hydrogen-bond acceptors (Lipinski definition) is 2. The van der Waals surface area contributed by atoms with Gasteiger partial charge in [0.25, 0.3) is 0 Å². The highest BCUT2D eigenvalue weighted by molar-refractivity contribution is 7.99. The molecular weight excluding hydrogens is 259 g/mol. The number of hydrogen-bond donors (Lipinski definition) is 0. The summed E-state index contributed by atoms with van der Waals surface area (Å²) in [6, 6.07) is 4.60. The van der Waals surface area contributed by atoms with Crippen LogP contribution in [0.3, 0.4) is 0 Å². The third-order valence-electron chi connectivity index (χ3n) is 3.07. The summed E-state index contributed by atoms with van der Waals surface area (Å²) >= 11 is 7.59. The molecule has 0 N–H and O–H groups in total. The molecular formula is C13H14ClFOS. The minimum absolute atomic E-state index is 0.0232. The first-order chi connectivity index (χ1) is 8.18. The fourth-order valence-corrected chi connectivity index (χ4v) is 3.42. The molecule has 1 saturated heterocycles. The zero-order chi connectivity index (χ0) is 12.3. The molecule has 0 atom stereocenters. The Balaban J connectivity index is 2.06. The molecule has 0 aliphatic carbocycles. The Morgan fingerprint density at radius 1 is 1.41 bits per heavy atom. The third kappa shape index (κ3) is 3.23. The summed E-state index contributed by atoms with van der Waals surface area (Å²) in [5.74, 6) is 1.92. The predicted molar refractivity (Wildman–Crippen MR) is 70.4 cm³/mol. The van der Waals surface area contributed by atoms with Crippen molar-refractivity contribution in [2.24, 2.45) is 5.92 Å². The second-order valence-corrected chi connectivity index (χ2v) is 5.92. The lowest BCUT2D eigenvalue weighted by atomic mass is 9.93. The van der Waals surface area contributed by atoms with Gasteiger partial charge < -0.3 is 0 Å². The van der Waals surface area contributed by atoms with E-state index in [-0.39, 0.29) is 16.4 Å². The molecule has 1 heterocycles. The largest absolute Gasteiger partial charge is 0.294 e. The van der Waals surface area contributed by atoms with Crippen LogP contribution in [0.4, 0.5) is 4.39 Å². The van der Waals surface area contributed by atoms with Gasteiger partial charge in [0.1, 0.15) is 0 Å². The van der Waals surface area contributed by atoms with Crippen LogP contribution in [0.2, 0.25) is 5.02 Å². The van der Waals surface area contributed by atoms with E-state index in [1.165, 1.54) is 12.1 Å². The van der Waals surface area contributed by atoms with Gasteiger partial charge in [-0.2, -0.15) is 11.8 Å². The average Bonchev–Trinajstić information content (AvgIpc) is 2.34. The van der Waals surface area contributed by atoms with Crippen molar-refractivity contribution in [2.45, 2.75) is 19.3 Å². The Kier molecular flexibility index (Phi) is 4.46. The molecule has 17 heavy (non-hydrogen) atoms. The lowest BCUT2D eigenvalue weighted by Gasteiger charge is -2.20. The molecule has 1 nitrogen and oxygen atoms in total. The highest BCUT2D eigenvalue weighted by Crippen LogP contribution is 2.27. The number of halogens is 2. The lowest BCUT2D eigenvalue weighted by molar-refractivity contribution is 0.0955. The summed E-state index contributed by atoms with van der Waals surface area (Å²) in [4.78, 5) is 12.0. The van der Waals surface area contributed by atoms with E-state index in [4.69, 9.17) is 11.6 Å². The van der Waals surface area contributed by atoms with Gasteiger partial charge in [-0.15, -0.1) is 0 Å². The van der Waals surface area contributed by atoms with Gasteiger partial charge in [-0.1, -0.05) is 17.7 Å². The number of rotatable bonds is 3. The average molecular weight is 273 g/mol. The molecule has 0 amide bonds. The van der Waals surface area contributed by atoms with Crippen molar-refractivity contribution >= 4 is 29.1 Å². The molecule has 4 heteroatoms. The van der Waals surface area contributed by atoms with E-state index in [0.29, 0.717) is 12.3 Å². The van der Waals surface area contributed by atoms with Crippen molar-refractivity contribution in [1.29, 1.82) is 0 Å². The Bertz CT molecular complexity index is 416. The topological polar surface area (TPSA) is 17.1 Å². The second-order valence-electron chi connectivity index (χ2n) is 4.28. The summed E-state index contributed by atoms with van der Waals surface area (Å²) in [7, 11) is 0. The van der Waals surface area contributed by atoms with Gasteiger partial charge in [-0.25, -0.2) is 4.39 Å². The monoisotopic (exact) mass is 272 g/mol. The van der Waals surface area contributed by atoms with Crippen LogP contribution >= 0.6 is 23.4 Å². The maximum Gasteiger partial charge on any atom is 0.166 e. The highest BCUT2D eigenvalue weighted by atomic mass is 35.5. The Hall–Kier alpha value is -0.540. The molecule has 1 fully saturated rings. The van der Waals surface area contributed by atoms with E-state index in [0.717, 1.165) is 24.3 Å². The first-order valence-corrected chi connectivity index (χ1v) is 7.26. The van der Waals surface area contributed by atoms with Crippen LogP contribution in [0.5, 0.6) is 0 Å². The Morgan fingerprint density at radius 2 is 2.12 bits per heavy atom. The van der Waals surface area contributed by atoms with Crippen molar-refractivity contribution in [2.75, 3.05) is 11.5 Å². The number of Topliss-reactive ketones (excluding diaryl/α,β-unsaturated/α-hetero) is 1. The van der Waals surface area contributed by atoms with Gasteiger partial charge in [0, 0.05) is 6.42 Å². The minimum Gasteiger partial charge on any atom is -0.294 e. The van der Waals surface area contributed by atoms with E-state index in [1.54, 1.807) is 6.07 Å². The number of benzene rings is 1. The van der Waals surface area contributed by atoms with E-state index in [1.807, 2.05) is 11.8 Å². The SMILES string of the molecule is O=C(CC1CCSCC1)c1cccc(Cl)c1F. The quantitative estimate of drug-likeness (QED) is 0.768. The maximum absolute atomic E-state index is 13.6. The van der Waals surface area contributed by atoms with Crippen molar-refractivity contribution in [3.05, 3.63) is 34.6 Å². The van der Waals surface area contributed by atoms with Crippen LogP contribution in [0.15, 0.2) is 18.2 Å². The molecule has 1 aromatic carbocycles. The van der Waals surface area contributed by atoms with Crippen LogP contribution in [-0.2, 0) is 0 Å². The van der Waals surface area contributed by atoms with Gasteiger partial charge in [-0.05, 0) is 42.4 Å². The molecule has 0 unspecified atom stereocenters. The van der Waals surface area contributed by atoms with Crippen LogP contribution in [0.25, 0.3) is 0 Å². The molecule has 0 aromatic heterocycles. The molecule has 1 aliphatic heterocycles. The van der Waals surface area contributed by atoms with Crippen molar-refractivity contribution in [3.63, 3.8) is 0 Å². The van der Waals surface area contributed by atoms with Gasteiger partial charge >= 0.3 is 0 Å². The molecule has 2 rings (SSSR count). The molecule has 0 spiro atoms. The van der Waals surface area contributed by atoms with Gasteiger partial charge in [-0.3, -0.25) is 4.79 Å². The number of ketones is 1. The predicted octanol–water partition coefficient (Wildman–Crippen LogP) is 4.20. The van der Waals surface area contributed by atoms with Crippen molar-refractivity contribution in [3.8, 4) is 0 Å². The second kappa shape index (κ2) is 5.87. The summed E-state index contributed by atoms with van der Waals surface area (Å²) in [5.41, 5.74) is 0.135. The minimum atomic E-state index is -0.579. The lowest BCUT2D eigenvalue weighted by Crippen LogP contribution is -2.15. The Morgan fingerprint density at radius 3 is 2.82 bits per heavy atom. The van der Waals surface area contributed by atoms with E-state index < -0.39 is 5.82 Å². The van der Waals surface area contributed by atoms with Crippen LogP contribution in [-0.4, -0.2) is 17.3 Å². The van der Waals surface area contributed by atoms with Gasteiger partial charge in [0.05, 0.1) is 10.6 Å². The Labute approximate surface area is 110 Å². The fraction of sp³-hybridized carbons (Fsp3) is 0.462. The first-order valence-electron chi connectivity index (χ1n) is 5.73. The molecule has 0 bridgehead atoms. The fourth-order valence-electron chi connectivity index (χ4n) is 2.04. The van der Waals surface area contributed by atoms with E-state index in [9.17, 15) is 9.18 Å². The van der Waals surface area contributed by atoms with Crippen molar-refractivity contribution in [1.82, 2.24) is 0 Å². The first kappa shape index (κ1) is 12.9. The highest BCUT2D eigenvalue weighted by Gasteiger charge is 2.20. The zero-order valence-corrected chi connectivity index (χ0v) is 11.0. The van der Waals surface area contributed by atoms with Gasteiger partial charge in [0.2, 0.25) is 0 Å². The molecule has 92 valence electrons. The summed E-state index contributed by atoms with van der Waals surface area (Å²) < 4.78 is 13.6. The van der Waals surface area contributed by atoms with Crippen LogP contribution in [0.1, 0.15) is 29.6 Å². The standard InChI is InChI=1S/C13H14ClFOS/c14-11-3-1-2-10(13(11)15)12(16)8-9-4-6-17-7-5-9/h1-3,9H,4-8H2. The molecule has 1 aromatic rings. The normalized spacial score (nSPS) is 17.1. The van der Waals surface area contributed by atoms with Crippen LogP contribution in [0, 0.1) is 11.7 Å². The van der Waals surface area contributed by atoms with Gasteiger partial charge in [0.15, 0.2) is 11.6 Å². The van der Waals surface area contributed by atoms with E-state index in [2.05, 4.69) is 0 Å². The van der Waals surface area contributed by atoms with E-state index >= 15 is 0 Å². The summed E-state index contributed by atoms with van der Waals surface area (Å²) in [6.45, 7) is 0. The maximum atomic E-state index is 13.6. The van der Waals surface area contributed by atoms with Crippen molar-refractivity contribution < 1.29 is 9.18 Å². The summed E-state index contributed by atoms with van der Waals surface area (Å²) in [5, 5.41) is 0.0232. The number of thioether (sulfide) groups is 1. The number of carbonyl (C=O) groups excluding carboxylic acids is 1. The summed E-state index contributed by atoms with van der Waals surface area (Å²) in [6.07, 6.45) is 2.55. The smallest absolute Gasteiger partial charge is 0.166 e. The molecule has 1 aliphatic rings. The third-order valence-corrected chi connectivity index (χ3v) is 4.41. The zero-order valence-electron chi connectivity index (χ0n) is 9.42.